The number of nitriles is 1. The van der Waals surface area contributed by atoms with Crippen molar-refractivity contribution in [3.8, 4) is 6.07 Å². The van der Waals surface area contributed by atoms with Crippen LogP contribution in [0.2, 0.25) is 0 Å². The van der Waals surface area contributed by atoms with Gasteiger partial charge >= 0.3 is 0 Å². The number of piperazine rings is 1. The third kappa shape index (κ3) is 3.48. The molecule has 1 aliphatic heterocycles. The summed E-state index contributed by atoms with van der Waals surface area (Å²) in [6.07, 6.45) is 2.10. The SMILES string of the molecule is CCC(C)(CC#N)Cc1nc(N2CCN(C)CC2)no1. The lowest BCUT2D eigenvalue weighted by Gasteiger charge is -2.31. The number of likely N-dealkylation sites (N-methyl/N-ethyl adjacent to an activating group) is 1. The fourth-order valence-electron chi connectivity index (χ4n) is 2.32. The summed E-state index contributed by atoms with van der Waals surface area (Å²) in [6, 6.07) is 2.25. The van der Waals surface area contributed by atoms with Gasteiger partial charge in [-0.15, -0.1) is 0 Å². The van der Waals surface area contributed by atoms with Crippen molar-refractivity contribution in [2.45, 2.75) is 33.1 Å². The van der Waals surface area contributed by atoms with Gasteiger partial charge in [0.2, 0.25) is 5.89 Å². The minimum absolute atomic E-state index is 0.0827. The molecule has 1 atom stereocenters. The van der Waals surface area contributed by atoms with Crippen molar-refractivity contribution in [2.24, 2.45) is 5.41 Å². The third-order valence-electron chi connectivity index (χ3n) is 4.18. The van der Waals surface area contributed by atoms with Crippen LogP contribution >= 0.6 is 0 Å². The van der Waals surface area contributed by atoms with Gasteiger partial charge in [-0.1, -0.05) is 13.8 Å². The minimum atomic E-state index is -0.0827. The van der Waals surface area contributed by atoms with Crippen molar-refractivity contribution >= 4 is 5.95 Å². The Morgan fingerprint density at radius 1 is 1.35 bits per heavy atom. The molecule has 0 saturated carbocycles. The maximum atomic E-state index is 8.92. The molecule has 110 valence electrons. The molecular weight excluding hydrogens is 254 g/mol. The molecule has 0 bridgehead atoms. The summed E-state index contributed by atoms with van der Waals surface area (Å²) in [5.41, 5.74) is -0.0827. The summed E-state index contributed by atoms with van der Waals surface area (Å²) in [5, 5.41) is 13.0. The molecule has 2 rings (SSSR count). The largest absolute Gasteiger partial charge is 0.337 e. The van der Waals surface area contributed by atoms with E-state index in [0.29, 0.717) is 24.7 Å². The number of rotatable bonds is 5. The first-order chi connectivity index (χ1) is 9.56. The number of anilines is 1. The molecule has 1 aromatic rings. The van der Waals surface area contributed by atoms with Crippen LogP contribution in [-0.2, 0) is 6.42 Å². The topological polar surface area (TPSA) is 69.2 Å². The fourth-order valence-corrected chi connectivity index (χ4v) is 2.32. The first-order valence-electron chi connectivity index (χ1n) is 7.19. The Balaban J connectivity index is 2.00. The Kier molecular flexibility index (Phi) is 4.61. The molecule has 1 aliphatic rings. The summed E-state index contributed by atoms with van der Waals surface area (Å²) >= 11 is 0. The van der Waals surface area contributed by atoms with Gasteiger partial charge in [0, 0.05) is 39.0 Å². The lowest BCUT2D eigenvalue weighted by molar-refractivity contribution is 0.265. The number of hydrogen-bond donors (Lipinski definition) is 0. The predicted molar refractivity (Wildman–Crippen MR) is 76.3 cm³/mol. The molecule has 20 heavy (non-hydrogen) atoms. The highest BCUT2D eigenvalue weighted by Gasteiger charge is 2.27. The highest BCUT2D eigenvalue weighted by atomic mass is 16.5. The van der Waals surface area contributed by atoms with Crippen LogP contribution in [0.15, 0.2) is 4.52 Å². The Morgan fingerprint density at radius 3 is 2.65 bits per heavy atom. The highest BCUT2D eigenvalue weighted by Crippen LogP contribution is 2.30. The summed E-state index contributed by atoms with van der Waals surface area (Å²) in [4.78, 5) is 8.94. The van der Waals surface area contributed by atoms with Crippen LogP contribution in [0.1, 0.15) is 32.6 Å². The van der Waals surface area contributed by atoms with E-state index in [1.54, 1.807) is 0 Å². The second-order valence-corrected chi connectivity index (χ2v) is 5.95. The number of aromatic nitrogens is 2. The van der Waals surface area contributed by atoms with E-state index >= 15 is 0 Å². The minimum Gasteiger partial charge on any atom is -0.337 e. The van der Waals surface area contributed by atoms with Crippen LogP contribution in [-0.4, -0.2) is 48.3 Å². The smallest absolute Gasteiger partial charge is 0.266 e. The lowest BCUT2D eigenvalue weighted by Crippen LogP contribution is -2.44. The van der Waals surface area contributed by atoms with Gasteiger partial charge < -0.3 is 14.3 Å². The van der Waals surface area contributed by atoms with Crippen LogP contribution in [0.5, 0.6) is 0 Å². The fraction of sp³-hybridized carbons (Fsp3) is 0.786. The standard InChI is InChI=1S/C14H23N5O/c1-4-14(2,5-6-15)11-12-16-13(17-20-12)19-9-7-18(3)8-10-19/h4-5,7-11H2,1-3H3. The van der Waals surface area contributed by atoms with Gasteiger partial charge in [0.15, 0.2) is 0 Å². The second-order valence-electron chi connectivity index (χ2n) is 5.95. The van der Waals surface area contributed by atoms with E-state index in [2.05, 4.69) is 46.9 Å². The molecule has 0 amide bonds. The zero-order valence-electron chi connectivity index (χ0n) is 12.6. The molecule has 0 N–H and O–H groups in total. The molecule has 0 aromatic carbocycles. The van der Waals surface area contributed by atoms with Crippen molar-refractivity contribution in [1.82, 2.24) is 15.0 Å². The first kappa shape index (κ1) is 14.8. The molecule has 1 fully saturated rings. The quantitative estimate of drug-likeness (QED) is 0.816. The molecule has 1 aromatic heterocycles. The zero-order chi connectivity index (χ0) is 14.6. The van der Waals surface area contributed by atoms with Gasteiger partial charge in [0.1, 0.15) is 0 Å². The van der Waals surface area contributed by atoms with Crippen LogP contribution in [0.25, 0.3) is 0 Å². The van der Waals surface area contributed by atoms with Gasteiger partial charge in [-0.3, -0.25) is 0 Å². The number of hydrogen-bond acceptors (Lipinski definition) is 6. The van der Waals surface area contributed by atoms with E-state index in [9.17, 15) is 0 Å². The van der Waals surface area contributed by atoms with Gasteiger partial charge in [-0.25, -0.2) is 0 Å². The van der Waals surface area contributed by atoms with E-state index in [-0.39, 0.29) is 5.41 Å². The van der Waals surface area contributed by atoms with E-state index < -0.39 is 0 Å². The van der Waals surface area contributed by atoms with Gasteiger partial charge in [-0.2, -0.15) is 10.2 Å². The summed E-state index contributed by atoms with van der Waals surface area (Å²) in [5.74, 6) is 1.32. The van der Waals surface area contributed by atoms with Crippen LogP contribution in [0, 0.1) is 16.7 Å². The van der Waals surface area contributed by atoms with Gasteiger partial charge in [0.25, 0.3) is 5.95 Å². The Labute approximate surface area is 120 Å². The maximum Gasteiger partial charge on any atom is 0.266 e. The molecule has 1 saturated heterocycles. The average molecular weight is 277 g/mol. The molecule has 0 radical (unpaired) electrons. The Bertz CT molecular complexity index is 472. The van der Waals surface area contributed by atoms with Crippen molar-refractivity contribution < 1.29 is 4.52 Å². The molecule has 0 spiro atoms. The molecule has 6 nitrogen and oxygen atoms in total. The Morgan fingerprint density at radius 2 is 2.05 bits per heavy atom. The molecule has 2 heterocycles. The highest BCUT2D eigenvalue weighted by molar-refractivity contribution is 5.28. The molecule has 0 aliphatic carbocycles. The average Bonchev–Trinajstić information content (AvgIpc) is 2.88. The van der Waals surface area contributed by atoms with Crippen molar-refractivity contribution in [1.29, 1.82) is 5.26 Å². The normalized spacial score (nSPS) is 19.6. The first-order valence-corrected chi connectivity index (χ1v) is 7.19. The number of nitrogens with zero attached hydrogens (tertiary/aromatic N) is 5. The predicted octanol–water partition coefficient (Wildman–Crippen LogP) is 1.69. The van der Waals surface area contributed by atoms with Crippen molar-refractivity contribution in [3.05, 3.63) is 5.89 Å². The van der Waals surface area contributed by atoms with Gasteiger partial charge in [0.05, 0.1) is 6.07 Å². The maximum absolute atomic E-state index is 8.92. The zero-order valence-corrected chi connectivity index (χ0v) is 12.6. The molecular formula is C14H23N5O. The van der Waals surface area contributed by atoms with Gasteiger partial charge in [-0.05, 0) is 24.0 Å². The second kappa shape index (κ2) is 6.23. The van der Waals surface area contributed by atoms with E-state index in [4.69, 9.17) is 9.78 Å². The molecule has 1 unspecified atom stereocenters. The van der Waals surface area contributed by atoms with E-state index in [1.165, 1.54) is 0 Å². The van der Waals surface area contributed by atoms with Crippen LogP contribution < -0.4 is 4.90 Å². The lowest BCUT2D eigenvalue weighted by atomic mass is 9.81. The van der Waals surface area contributed by atoms with E-state index in [0.717, 1.165) is 32.6 Å². The summed E-state index contributed by atoms with van der Waals surface area (Å²) in [7, 11) is 2.12. The Hall–Kier alpha value is -1.61. The van der Waals surface area contributed by atoms with Crippen molar-refractivity contribution in [2.75, 3.05) is 38.1 Å². The monoisotopic (exact) mass is 277 g/mol. The van der Waals surface area contributed by atoms with Crippen LogP contribution in [0.4, 0.5) is 5.95 Å². The molecule has 6 heteroatoms. The third-order valence-corrected chi connectivity index (χ3v) is 4.18. The van der Waals surface area contributed by atoms with Crippen LogP contribution in [0.3, 0.4) is 0 Å². The van der Waals surface area contributed by atoms with E-state index in [1.807, 2.05) is 0 Å². The summed E-state index contributed by atoms with van der Waals surface area (Å²) < 4.78 is 5.36. The summed E-state index contributed by atoms with van der Waals surface area (Å²) in [6.45, 7) is 8.08. The van der Waals surface area contributed by atoms with Crippen molar-refractivity contribution in [3.63, 3.8) is 0 Å².